The average molecular weight is 323 g/mol. The maximum Gasteiger partial charge on any atom is 0.191 e. The molecule has 130 valence electrons. The normalized spacial score (nSPS) is 11.9. The Hall–Kier alpha value is -2.11. The summed E-state index contributed by atoms with van der Waals surface area (Å²) < 4.78 is 16.2. The van der Waals surface area contributed by atoms with Gasteiger partial charge in [-0.3, -0.25) is 4.99 Å². The third kappa shape index (κ3) is 5.88. The van der Waals surface area contributed by atoms with E-state index in [0.717, 1.165) is 29.4 Å². The van der Waals surface area contributed by atoms with Gasteiger partial charge in [0.15, 0.2) is 5.96 Å². The molecule has 0 saturated carbocycles. The third-order valence-corrected chi connectivity index (χ3v) is 3.20. The quantitative estimate of drug-likeness (QED) is 0.621. The fraction of sp³-hybridized carbons (Fsp3) is 0.588. The largest absolute Gasteiger partial charge is 0.496 e. The van der Waals surface area contributed by atoms with Crippen LogP contribution in [-0.4, -0.2) is 46.4 Å². The number of hydrogen-bond acceptors (Lipinski definition) is 4. The highest BCUT2D eigenvalue weighted by atomic mass is 16.5. The van der Waals surface area contributed by atoms with E-state index in [1.165, 1.54) is 0 Å². The van der Waals surface area contributed by atoms with Gasteiger partial charge < -0.3 is 24.8 Å². The summed E-state index contributed by atoms with van der Waals surface area (Å²) >= 11 is 0. The molecule has 0 aliphatic carbocycles. The molecule has 6 heteroatoms. The second-order valence-corrected chi connectivity index (χ2v) is 6.13. The number of hydrogen-bond donors (Lipinski definition) is 2. The Bertz CT molecular complexity index is 511. The van der Waals surface area contributed by atoms with Crippen LogP contribution < -0.4 is 24.8 Å². The van der Waals surface area contributed by atoms with Crippen LogP contribution in [0.25, 0.3) is 0 Å². The Morgan fingerprint density at radius 3 is 2.00 bits per heavy atom. The van der Waals surface area contributed by atoms with Crippen LogP contribution >= 0.6 is 0 Å². The Morgan fingerprint density at radius 2 is 1.61 bits per heavy atom. The summed E-state index contributed by atoms with van der Waals surface area (Å²) in [6.07, 6.45) is 0.737. The zero-order chi connectivity index (χ0) is 17.5. The molecule has 0 heterocycles. The van der Waals surface area contributed by atoms with Gasteiger partial charge in [-0.2, -0.15) is 0 Å². The number of methoxy groups -OCH3 is 3. The molecule has 0 saturated heterocycles. The van der Waals surface area contributed by atoms with E-state index in [1.54, 1.807) is 28.4 Å². The monoisotopic (exact) mass is 323 g/mol. The van der Waals surface area contributed by atoms with Crippen molar-refractivity contribution in [2.24, 2.45) is 4.99 Å². The standard InChI is InChI=1S/C17H29N3O3/c1-17(2,3)20-16(18-4)19-9-8-13-14(22-6)10-12(21-5)11-15(13)23-7/h10-11H,8-9H2,1-7H3,(H2,18,19,20). The molecule has 0 aromatic heterocycles. The predicted molar refractivity (Wildman–Crippen MR) is 94.1 cm³/mol. The molecule has 0 bridgehead atoms. The molecule has 1 rings (SSSR count). The Balaban J connectivity index is 2.81. The minimum Gasteiger partial charge on any atom is -0.496 e. The lowest BCUT2D eigenvalue weighted by atomic mass is 10.1. The minimum atomic E-state index is -0.0443. The summed E-state index contributed by atoms with van der Waals surface area (Å²) in [7, 11) is 6.67. The van der Waals surface area contributed by atoms with Gasteiger partial charge in [0, 0.05) is 36.8 Å². The molecule has 6 nitrogen and oxygen atoms in total. The first-order valence-electron chi connectivity index (χ1n) is 7.62. The number of aliphatic imine (C=N–C) groups is 1. The number of rotatable bonds is 6. The van der Waals surface area contributed by atoms with E-state index < -0.39 is 0 Å². The van der Waals surface area contributed by atoms with Crippen molar-refractivity contribution >= 4 is 5.96 Å². The molecular weight excluding hydrogens is 294 g/mol. The highest BCUT2D eigenvalue weighted by Gasteiger charge is 2.14. The van der Waals surface area contributed by atoms with Crippen molar-refractivity contribution in [1.82, 2.24) is 10.6 Å². The first-order valence-corrected chi connectivity index (χ1v) is 7.62. The summed E-state index contributed by atoms with van der Waals surface area (Å²) in [4.78, 5) is 4.23. The first-order chi connectivity index (χ1) is 10.8. The Kier molecular flexibility index (Phi) is 7.00. The highest BCUT2D eigenvalue weighted by Crippen LogP contribution is 2.34. The van der Waals surface area contributed by atoms with E-state index in [-0.39, 0.29) is 5.54 Å². The van der Waals surface area contributed by atoms with Crippen molar-refractivity contribution < 1.29 is 14.2 Å². The second-order valence-electron chi connectivity index (χ2n) is 6.13. The van der Waals surface area contributed by atoms with E-state index in [4.69, 9.17) is 14.2 Å². The predicted octanol–water partition coefficient (Wildman–Crippen LogP) is 2.22. The van der Waals surface area contributed by atoms with Crippen molar-refractivity contribution in [2.45, 2.75) is 32.7 Å². The number of guanidine groups is 1. The van der Waals surface area contributed by atoms with E-state index in [2.05, 4.69) is 36.4 Å². The Morgan fingerprint density at radius 1 is 1.04 bits per heavy atom. The van der Waals surface area contributed by atoms with Crippen LogP contribution in [0.4, 0.5) is 0 Å². The summed E-state index contributed by atoms with van der Waals surface area (Å²) in [5.74, 6) is 2.98. The molecule has 0 atom stereocenters. The van der Waals surface area contributed by atoms with Crippen molar-refractivity contribution in [3.63, 3.8) is 0 Å². The zero-order valence-corrected chi connectivity index (χ0v) is 15.2. The molecule has 0 aliphatic heterocycles. The Labute approximate surface area is 139 Å². The summed E-state index contributed by atoms with van der Waals surface area (Å²) in [5, 5.41) is 6.63. The average Bonchev–Trinajstić information content (AvgIpc) is 2.52. The van der Waals surface area contributed by atoms with Crippen molar-refractivity contribution in [3.8, 4) is 17.2 Å². The van der Waals surface area contributed by atoms with Gasteiger partial charge in [-0.25, -0.2) is 0 Å². The molecule has 1 aromatic rings. The van der Waals surface area contributed by atoms with Crippen LogP contribution in [-0.2, 0) is 6.42 Å². The number of ether oxygens (including phenoxy) is 3. The first kappa shape index (κ1) is 18.9. The summed E-state index contributed by atoms with van der Waals surface area (Å²) in [5.41, 5.74) is 0.951. The van der Waals surface area contributed by atoms with Gasteiger partial charge in [-0.1, -0.05) is 0 Å². The lowest BCUT2D eigenvalue weighted by Crippen LogP contribution is -2.48. The fourth-order valence-electron chi connectivity index (χ4n) is 2.16. The van der Waals surface area contributed by atoms with Crippen molar-refractivity contribution in [1.29, 1.82) is 0 Å². The summed E-state index contributed by atoms with van der Waals surface area (Å²) in [6, 6.07) is 3.72. The summed E-state index contributed by atoms with van der Waals surface area (Å²) in [6.45, 7) is 6.98. The van der Waals surface area contributed by atoms with Gasteiger partial charge in [0.25, 0.3) is 0 Å². The van der Waals surface area contributed by atoms with Gasteiger partial charge in [-0.15, -0.1) is 0 Å². The van der Waals surface area contributed by atoms with Gasteiger partial charge in [0.05, 0.1) is 21.3 Å². The maximum atomic E-state index is 5.46. The fourth-order valence-corrected chi connectivity index (χ4v) is 2.16. The van der Waals surface area contributed by atoms with Crippen molar-refractivity contribution in [3.05, 3.63) is 17.7 Å². The van der Waals surface area contributed by atoms with Crippen molar-refractivity contribution in [2.75, 3.05) is 34.9 Å². The molecule has 0 radical (unpaired) electrons. The molecule has 0 unspecified atom stereocenters. The molecule has 0 spiro atoms. The molecular formula is C17H29N3O3. The lowest BCUT2D eigenvalue weighted by Gasteiger charge is -2.24. The van der Waals surface area contributed by atoms with E-state index in [0.29, 0.717) is 12.3 Å². The van der Waals surface area contributed by atoms with Crippen LogP contribution in [0, 0.1) is 0 Å². The van der Waals surface area contributed by atoms with Gasteiger partial charge in [0.2, 0.25) is 0 Å². The molecule has 23 heavy (non-hydrogen) atoms. The smallest absolute Gasteiger partial charge is 0.191 e. The molecule has 0 amide bonds. The SMILES string of the molecule is CN=C(NCCc1c(OC)cc(OC)cc1OC)NC(C)(C)C. The van der Waals surface area contributed by atoms with Crippen LogP contribution in [0.15, 0.2) is 17.1 Å². The van der Waals surface area contributed by atoms with E-state index >= 15 is 0 Å². The van der Waals surface area contributed by atoms with E-state index in [1.807, 2.05) is 12.1 Å². The third-order valence-electron chi connectivity index (χ3n) is 3.20. The topological polar surface area (TPSA) is 64.1 Å². The molecule has 0 fully saturated rings. The molecule has 0 aliphatic rings. The number of nitrogens with zero attached hydrogens (tertiary/aromatic N) is 1. The maximum absolute atomic E-state index is 5.46. The lowest BCUT2D eigenvalue weighted by molar-refractivity contribution is 0.368. The van der Waals surface area contributed by atoms with Crippen LogP contribution in [0.1, 0.15) is 26.3 Å². The van der Waals surface area contributed by atoms with E-state index in [9.17, 15) is 0 Å². The second kappa shape index (κ2) is 8.50. The molecule has 2 N–H and O–H groups in total. The highest BCUT2D eigenvalue weighted by molar-refractivity contribution is 5.80. The molecule has 1 aromatic carbocycles. The van der Waals surface area contributed by atoms with Gasteiger partial charge >= 0.3 is 0 Å². The van der Waals surface area contributed by atoms with Gasteiger partial charge in [-0.05, 0) is 27.2 Å². The van der Waals surface area contributed by atoms with Crippen LogP contribution in [0.3, 0.4) is 0 Å². The number of benzene rings is 1. The van der Waals surface area contributed by atoms with Crippen LogP contribution in [0.5, 0.6) is 17.2 Å². The van der Waals surface area contributed by atoms with Crippen LogP contribution in [0.2, 0.25) is 0 Å². The number of nitrogens with one attached hydrogen (secondary N) is 2. The zero-order valence-electron chi connectivity index (χ0n) is 15.2. The minimum absolute atomic E-state index is 0.0443. The van der Waals surface area contributed by atoms with Gasteiger partial charge in [0.1, 0.15) is 17.2 Å².